The Balaban J connectivity index is 1.56. The number of anilines is 1. The van der Waals surface area contributed by atoms with Gasteiger partial charge in [0.25, 0.3) is 17.1 Å². The van der Waals surface area contributed by atoms with E-state index in [1.165, 1.54) is 12.0 Å². The van der Waals surface area contributed by atoms with Gasteiger partial charge in [-0.05, 0) is 53.1 Å². The van der Waals surface area contributed by atoms with Crippen LogP contribution in [0, 0.1) is 0 Å². The number of thioether (sulfide) groups is 1. The molecule has 2 aromatic rings. The Morgan fingerprint density at radius 2 is 1.84 bits per heavy atom. The highest BCUT2D eigenvalue weighted by atomic mass is 32.2. The van der Waals surface area contributed by atoms with Crippen LogP contribution in [-0.2, 0) is 14.3 Å². The van der Waals surface area contributed by atoms with Gasteiger partial charge < -0.3 is 14.8 Å². The number of benzene rings is 2. The smallest absolute Gasteiger partial charge is 0.293 e. The number of ether oxygens (including phenoxy) is 2. The van der Waals surface area contributed by atoms with Crippen LogP contribution in [0.5, 0.6) is 5.75 Å². The molecule has 3 amide bonds. The number of nitrogens with one attached hydrogen (secondary N) is 1. The molecule has 1 heterocycles. The van der Waals surface area contributed by atoms with Gasteiger partial charge in [-0.15, -0.1) is 0 Å². The van der Waals surface area contributed by atoms with Crippen LogP contribution >= 0.6 is 11.8 Å². The van der Waals surface area contributed by atoms with Gasteiger partial charge in [0, 0.05) is 12.8 Å². The van der Waals surface area contributed by atoms with Crippen LogP contribution in [0.15, 0.2) is 53.4 Å². The summed E-state index contributed by atoms with van der Waals surface area (Å²) in [6.45, 7) is 4.55. The average molecular weight is 455 g/mol. The van der Waals surface area contributed by atoms with Crippen molar-refractivity contribution in [2.75, 3.05) is 32.2 Å². The third-order valence-electron chi connectivity index (χ3n) is 4.80. The highest BCUT2D eigenvalue weighted by Gasteiger charge is 2.34. The number of hydrogen-bond acceptors (Lipinski definition) is 6. The number of methoxy groups -OCH3 is 1. The molecule has 0 atom stereocenters. The number of nitrogens with zero attached hydrogens (tertiary/aromatic N) is 1. The Bertz CT molecular complexity index is 1020. The molecule has 1 aliphatic heterocycles. The van der Waals surface area contributed by atoms with Gasteiger partial charge in [0.05, 0.1) is 18.1 Å². The molecule has 7 nitrogen and oxygen atoms in total. The van der Waals surface area contributed by atoms with Crippen LogP contribution in [0.3, 0.4) is 0 Å². The highest BCUT2D eigenvalue weighted by Crippen LogP contribution is 2.32. The normalized spacial score (nSPS) is 15.0. The molecular formula is C24H26N2O5S. The van der Waals surface area contributed by atoms with Crippen molar-refractivity contribution in [3.63, 3.8) is 0 Å². The monoisotopic (exact) mass is 454 g/mol. The molecule has 8 heteroatoms. The van der Waals surface area contributed by atoms with Crippen molar-refractivity contribution in [2.24, 2.45) is 0 Å². The second-order valence-electron chi connectivity index (χ2n) is 7.47. The summed E-state index contributed by atoms with van der Waals surface area (Å²) in [6.07, 6.45) is 1.66. The molecule has 0 bridgehead atoms. The summed E-state index contributed by atoms with van der Waals surface area (Å²) in [6, 6.07) is 14.7. The Labute approximate surface area is 191 Å². The van der Waals surface area contributed by atoms with E-state index in [1.54, 1.807) is 30.3 Å². The maximum Gasteiger partial charge on any atom is 0.293 e. The van der Waals surface area contributed by atoms with Crippen LogP contribution in [0.2, 0.25) is 0 Å². The van der Waals surface area contributed by atoms with Gasteiger partial charge in [0.15, 0.2) is 6.61 Å². The highest BCUT2D eigenvalue weighted by molar-refractivity contribution is 8.18. The van der Waals surface area contributed by atoms with E-state index in [9.17, 15) is 14.4 Å². The second-order valence-corrected chi connectivity index (χ2v) is 8.47. The molecule has 0 unspecified atom stereocenters. The van der Waals surface area contributed by atoms with E-state index < -0.39 is 0 Å². The van der Waals surface area contributed by atoms with Gasteiger partial charge in [0.1, 0.15) is 5.75 Å². The van der Waals surface area contributed by atoms with Gasteiger partial charge >= 0.3 is 0 Å². The van der Waals surface area contributed by atoms with Gasteiger partial charge in [-0.3, -0.25) is 19.3 Å². The SMILES string of the molecule is COCCN1C(=O)S/C(=C/c2ccc(OCC(=O)Nc3ccccc3C(C)C)cc2)C1=O. The van der Waals surface area contributed by atoms with Gasteiger partial charge in [0.2, 0.25) is 0 Å². The van der Waals surface area contributed by atoms with Crippen LogP contribution in [0.25, 0.3) is 6.08 Å². The van der Waals surface area contributed by atoms with E-state index in [1.807, 2.05) is 24.3 Å². The molecule has 1 N–H and O–H groups in total. The van der Waals surface area contributed by atoms with Crippen molar-refractivity contribution in [1.29, 1.82) is 0 Å². The Morgan fingerprint density at radius 3 is 2.53 bits per heavy atom. The predicted molar refractivity (Wildman–Crippen MR) is 126 cm³/mol. The van der Waals surface area contributed by atoms with E-state index in [-0.39, 0.29) is 30.2 Å². The largest absolute Gasteiger partial charge is 0.484 e. The van der Waals surface area contributed by atoms with Gasteiger partial charge in [-0.1, -0.05) is 44.2 Å². The van der Waals surface area contributed by atoms with Crippen molar-refractivity contribution >= 4 is 40.6 Å². The average Bonchev–Trinajstić information content (AvgIpc) is 3.04. The minimum Gasteiger partial charge on any atom is -0.484 e. The Morgan fingerprint density at radius 1 is 1.12 bits per heavy atom. The van der Waals surface area contributed by atoms with Crippen molar-refractivity contribution in [2.45, 2.75) is 19.8 Å². The number of para-hydroxylation sites is 1. The summed E-state index contributed by atoms with van der Waals surface area (Å²) in [4.78, 5) is 38.2. The standard InChI is InChI=1S/C24H26N2O5S/c1-16(2)19-6-4-5-7-20(19)25-22(27)15-31-18-10-8-17(9-11-18)14-21-23(28)26(12-13-30-3)24(29)32-21/h4-11,14,16H,12-13,15H2,1-3H3,(H,25,27)/b21-14+. The third-order valence-corrected chi connectivity index (χ3v) is 5.70. The maximum absolute atomic E-state index is 12.4. The number of amides is 3. The lowest BCUT2D eigenvalue weighted by Gasteiger charge is -2.14. The van der Waals surface area contributed by atoms with Crippen LogP contribution in [0.1, 0.15) is 30.9 Å². The van der Waals surface area contributed by atoms with E-state index >= 15 is 0 Å². The first-order valence-electron chi connectivity index (χ1n) is 10.2. The summed E-state index contributed by atoms with van der Waals surface area (Å²) in [5.74, 6) is 0.256. The van der Waals surface area contributed by atoms with E-state index in [4.69, 9.17) is 9.47 Å². The van der Waals surface area contributed by atoms with Crippen LogP contribution in [-0.4, -0.2) is 48.8 Å². The number of rotatable bonds is 9. The van der Waals surface area contributed by atoms with E-state index in [2.05, 4.69) is 19.2 Å². The topological polar surface area (TPSA) is 84.9 Å². The molecule has 0 saturated carbocycles. The van der Waals surface area contributed by atoms with Crippen molar-refractivity contribution < 1.29 is 23.9 Å². The fraction of sp³-hybridized carbons (Fsp3) is 0.292. The number of carbonyl (C=O) groups excluding carboxylic acids is 3. The van der Waals surface area contributed by atoms with Crippen molar-refractivity contribution in [3.8, 4) is 5.75 Å². The summed E-state index contributed by atoms with van der Waals surface area (Å²) >= 11 is 0.908. The van der Waals surface area contributed by atoms with Crippen molar-refractivity contribution in [1.82, 2.24) is 4.90 Å². The quantitative estimate of drug-likeness (QED) is 0.561. The fourth-order valence-electron chi connectivity index (χ4n) is 3.14. The minimum absolute atomic E-state index is 0.121. The van der Waals surface area contributed by atoms with Gasteiger partial charge in [-0.2, -0.15) is 0 Å². The lowest BCUT2D eigenvalue weighted by atomic mass is 10.0. The Hall–Kier alpha value is -3.10. The zero-order valence-corrected chi connectivity index (χ0v) is 19.1. The predicted octanol–water partition coefficient (Wildman–Crippen LogP) is 4.51. The lowest BCUT2D eigenvalue weighted by Crippen LogP contribution is -2.31. The molecule has 1 saturated heterocycles. The molecule has 0 radical (unpaired) electrons. The zero-order chi connectivity index (χ0) is 23.1. The Kier molecular flexibility index (Phi) is 8.08. The molecule has 1 aliphatic rings. The van der Waals surface area contributed by atoms with Crippen molar-refractivity contribution in [3.05, 3.63) is 64.6 Å². The van der Waals surface area contributed by atoms with E-state index in [0.717, 1.165) is 28.6 Å². The first kappa shape index (κ1) is 23.6. The van der Waals surface area contributed by atoms with E-state index in [0.29, 0.717) is 23.2 Å². The maximum atomic E-state index is 12.4. The summed E-state index contributed by atoms with van der Waals surface area (Å²) in [7, 11) is 1.52. The molecule has 1 fully saturated rings. The molecule has 0 aromatic heterocycles. The lowest BCUT2D eigenvalue weighted by molar-refractivity contribution is -0.123. The fourth-order valence-corrected chi connectivity index (χ4v) is 4.00. The summed E-state index contributed by atoms with van der Waals surface area (Å²) in [5, 5.41) is 2.59. The molecular weight excluding hydrogens is 428 g/mol. The second kappa shape index (κ2) is 11.0. The molecule has 2 aromatic carbocycles. The van der Waals surface area contributed by atoms with Gasteiger partial charge in [-0.25, -0.2) is 0 Å². The number of imide groups is 1. The first-order chi connectivity index (χ1) is 15.4. The molecule has 0 spiro atoms. The molecule has 0 aliphatic carbocycles. The van der Waals surface area contributed by atoms with Crippen LogP contribution in [0.4, 0.5) is 10.5 Å². The molecule has 32 heavy (non-hydrogen) atoms. The van der Waals surface area contributed by atoms with Crippen LogP contribution < -0.4 is 10.1 Å². The first-order valence-corrected chi connectivity index (χ1v) is 11.1. The molecule has 3 rings (SSSR count). The number of carbonyl (C=O) groups is 3. The third kappa shape index (κ3) is 5.99. The summed E-state index contributed by atoms with van der Waals surface area (Å²) in [5.41, 5.74) is 2.60. The summed E-state index contributed by atoms with van der Waals surface area (Å²) < 4.78 is 10.5. The molecule has 168 valence electrons. The number of hydrogen-bond donors (Lipinski definition) is 1. The minimum atomic E-state index is -0.323. The zero-order valence-electron chi connectivity index (χ0n) is 18.3.